The Bertz CT molecular complexity index is 655. The fourth-order valence-electron chi connectivity index (χ4n) is 1.53. The minimum atomic E-state index is -0.384. The summed E-state index contributed by atoms with van der Waals surface area (Å²) in [7, 11) is 3.00. The molecule has 0 N–H and O–H groups in total. The van der Waals surface area contributed by atoms with Crippen molar-refractivity contribution in [3.8, 4) is 11.4 Å². The lowest BCUT2D eigenvalue weighted by Gasteiger charge is -2.08. The number of ether oxygens (including phenoxy) is 1. The molecule has 0 bridgehead atoms. The first-order valence-electron chi connectivity index (χ1n) is 5.06. The van der Waals surface area contributed by atoms with Gasteiger partial charge in [0.15, 0.2) is 0 Å². The van der Waals surface area contributed by atoms with Crippen LogP contribution in [0.2, 0.25) is 0 Å². The molecule has 0 saturated carbocycles. The summed E-state index contributed by atoms with van der Waals surface area (Å²) in [6, 6.07) is 8.42. The highest BCUT2D eigenvalue weighted by Gasteiger charge is 2.04. The van der Waals surface area contributed by atoms with Gasteiger partial charge in [0.1, 0.15) is 5.75 Å². The Kier molecular flexibility index (Phi) is 2.82. The van der Waals surface area contributed by atoms with Crippen LogP contribution in [0.15, 0.2) is 46.1 Å². The van der Waals surface area contributed by atoms with Gasteiger partial charge in [-0.3, -0.25) is 13.9 Å². The number of benzene rings is 1. The van der Waals surface area contributed by atoms with Gasteiger partial charge in [0, 0.05) is 25.4 Å². The van der Waals surface area contributed by atoms with Gasteiger partial charge in [-0.15, -0.1) is 0 Å². The molecule has 0 atom stereocenters. The van der Waals surface area contributed by atoms with Crippen molar-refractivity contribution in [3.05, 3.63) is 57.4 Å². The molecule has 0 saturated heterocycles. The first-order chi connectivity index (χ1) is 8.13. The molecule has 2 rings (SSSR count). The smallest absolute Gasteiger partial charge is 0.335 e. The van der Waals surface area contributed by atoms with Crippen LogP contribution in [-0.4, -0.2) is 16.2 Å². The fourth-order valence-corrected chi connectivity index (χ4v) is 1.53. The van der Waals surface area contributed by atoms with Crippen LogP contribution >= 0.6 is 0 Å². The molecule has 5 nitrogen and oxygen atoms in total. The normalized spacial score (nSPS) is 10.2. The fraction of sp³-hybridized carbons (Fsp3) is 0.167. The van der Waals surface area contributed by atoms with Crippen molar-refractivity contribution in [3.63, 3.8) is 0 Å². The monoisotopic (exact) mass is 232 g/mol. The van der Waals surface area contributed by atoms with Gasteiger partial charge in [-0.2, -0.15) is 0 Å². The maximum atomic E-state index is 11.9. The number of hydrogen-bond acceptors (Lipinski definition) is 3. The summed E-state index contributed by atoms with van der Waals surface area (Å²) in [5.74, 6) is 0.656. The highest BCUT2D eigenvalue weighted by Crippen LogP contribution is 2.14. The van der Waals surface area contributed by atoms with E-state index in [1.807, 2.05) is 0 Å². The molecule has 2 aromatic rings. The van der Waals surface area contributed by atoms with Crippen LogP contribution in [0.3, 0.4) is 0 Å². The third kappa shape index (κ3) is 1.99. The van der Waals surface area contributed by atoms with E-state index in [0.29, 0.717) is 11.4 Å². The Labute approximate surface area is 97.5 Å². The van der Waals surface area contributed by atoms with E-state index in [2.05, 4.69) is 0 Å². The molecule has 1 aromatic carbocycles. The SMILES string of the molecule is COc1cccc(-n2ccc(=O)n(C)c2=O)c1. The Hall–Kier alpha value is -2.30. The van der Waals surface area contributed by atoms with Crippen LogP contribution in [0.4, 0.5) is 0 Å². The predicted octanol–water partition coefficient (Wildman–Crippen LogP) is 0.545. The third-order valence-corrected chi connectivity index (χ3v) is 2.52. The Balaban J connectivity index is 2.65. The number of rotatable bonds is 2. The van der Waals surface area contributed by atoms with E-state index in [1.54, 1.807) is 31.4 Å². The second-order valence-electron chi connectivity index (χ2n) is 3.57. The van der Waals surface area contributed by atoms with Gasteiger partial charge < -0.3 is 4.74 Å². The van der Waals surface area contributed by atoms with E-state index in [4.69, 9.17) is 4.74 Å². The summed E-state index contributed by atoms with van der Waals surface area (Å²) in [5.41, 5.74) is -0.0511. The zero-order valence-electron chi connectivity index (χ0n) is 9.58. The van der Waals surface area contributed by atoms with Crippen LogP contribution in [0.5, 0.6) is 5.75 Å². The van der Waals surface area contributed by atoms with Gasteiger partial charge in [0.2, 0.25) is 0 Å². The van der Waals surface area contributed by atoms with Crippen molar-refractivity contribution in [2.24, 2.45) is 7.05 Å². The van der Waals surface area contributed by atoms with Gasteiger partial charge in [-0.05, 0) is 12.1 Å². The van der Waals surface area contributed by atoms with E-state index in [-0.39, 0.29) is 11.2 Å². The molecule has 0 aliphatic rings. The molecule has 0 unspecified atom stereocenters. The van der Waals surface area contributed by atoms with Crippen LogP contribution in [-0.2, 0) is 7.05 Å². The summed E-state index contributed by atoms with van der Waals surface area (Å²) in [6.45, 7) is 0. The summed E-state index contributed by atoms with van der Waals surface area (Å²) in [5, 5.41) is 0. The van der Waals surface area contributed by atoms with E-state index >= 15 is 0 Å². The molecule has 5 heteroatoms. The number of methoxy groups -OCH3 is 1. The first-order valence-corrected chi connectivity index (χ1v) is 5.06. The van der Waals surface area contributed by atoms with Gasteiger partial charge in [0.25, 0.3) is 5.56 Å². The summed E-state index contributed by atoms with van der Waals surface area (Å²) < 4.78 is 7.53. The van der Waals surface area contributed by atoms with Gasteiger partial charge >= 0.3 is 5.69 Å². The molecule has 1 aromatic heterocycles. The summed E-state index contributed by atoms with van der Waals surface area (Å²) in [4.78, 5) is 23.1. The van der Waals surface area contributed by atoms with Crippen molar-refractivity contribution in [2.75, 3.05) is 7.11 Å². The van der Waals surface area contributed by atoms with Crippen LogP contribution in [0.25, 0.3) is 5.69 Å². The second-order valence-corrected chi connectivity index (χ2v) is 3.57. The molecular formula is C12H12N2O3. The topological polar surface area (TPSA) is 53.2 Å². The minimum absolute atomic E-state index is 0.325. The molecule has 0 spiro atoms. The third-order valence-electron chi connectivity index (χ3n) is 2.52. The molecule has 0 fully saturated rings. The number of nitrogens with zero attached hydrogens (tertiary/aromatic N) is 2. The van der Waals surface area contributed by atoms with E-state index in [1.165, 1.54) is 23.9 Å². The largest absolute Gasteiger partial charge is 0.497 e. The van der Waals surface area contributed by atoms with Gasteiger partial charge in [0.05, 0.1) is 12.8 Å². The predicted molar refractivity (Wildman–Crippen MR) is 63.8 cm³/mol. The maximum absolute atomic E-state index is 11.9. The molecule has 1 heterocycles. The summed E-state index contributed by atoms with van der Waals surface area (Å²) >= 11 is 0. The first kappa shape index (κ1) is 11.2. The lowest BCUT2D eigenvalue weighted by molar-refractivity contribution is 0.414. The number of hydrogen-bond donors (Lipinski definition) is 0. The van der Waals surface area contributed by atoms with Crippen molar-refractivity contribution >= 4 is 0 Å². The van der Waals surface area contributed by atoms with Gasteiger partial charge in [-0.1, -0.05) is 6.07 Å². The molecule has 0 aliphatic carbocycles. The molecule has 0 amide bonds. The average Bonchev–Trinajstić information content (AvgIpc) is 2.36. The molecular weight excluding hydrogens is 220 g/mol. The molecule has 0 radical (unpaired) electrons. The van der Waals surface area contributed by atoms with Crippen LogP contribution < -0.4 is 16.0 Å². The zero-order valence-corrected chi connectivity index (χ0v) is 9.58. The van der Waals surface area contributed by atoms with Gasteiger partial charge in [-0.25, -0.2) is 4.79 Å². The highest BCUT2D eigenvalue weighted by molar-refractivity contribution is 5.38. The second kappa shape index (κ2) is 4.29. The molecule has 17 heavy (non-hydrogen) atoms. The highest BCUT2D eigenvalue weighted by atomic mass is 16.5. The van der Waals surface area contributed by atoms with Crippen molar-refractivity contribution in [2.45, 2.75) is 0 Å². The van der Waals surface area contributed by atoms with Crippen LogP contribution in [0, 0.1) is 0 Å². The standard InChI is InChI=1S/C12H12N2O3/c1-13-11(15)6-7-14(12(13)16)9-4-3-5-10(8-9)17-2/h3-8H,1-2H3. The van der Waals surface area contributed by atoms with Crippen molar-refractivity contribution < 1.29 is 4.74 Å². The lowest BCUT2D eigenvalue weighted by atomic mass is 10.3. The van der Waals surface area contributed by atoms with E-state index in [0.717, 1.165) is 4.57 Å². The molecule has 0 aliphatic heterocycles. The average molecular weight is 232 g/mol. The van der Waals surface area contributed by atoms with E-state index in [9.17, 15) is 9.59 Å². The van der Waals surface area contributed by atoms with Crippen molar-refractivity contribution in [1.82, 2.24) is 9.13 Å². The lowest BCUT2D eigenvalue weighted by Crippen LogP contribution is -2.36. The zero-order chi connectivity index (χ0) is 12.4. The van der Waals surface area contributed by atoms with Crippen molar-refractivity contribution in [1.29, 1.82) is 0 Å². The Morgan fingerprint density at radius 2 is 1.94 bits per heavy atom. The Morgan fingerprint density at radius 1 is 1.18 bits per heavy atom. The number of aromatic nitrogens is 2. The molecule has 88 valence electrons. The van der Waals surface area contributed by atoms with Crippen LogP contribution in [0.1, 0.15) is 0 Å². The van der Waals surface area contributed by atoms with E-state index < -0.39 is 0 Å². The Morgan fingerprint density at radius 3 is 2.65 bits per heavy atom. The quantitative estimate of drug-likeness (QED) is 0.759. The minimum Gasteiger partial charge on any atom is -0.497 e. The summed E-state index contributed by atoms with van der Waals surface area (Å²) in [6.07, 6.45) is 1.46. The maximum Gasteiger partial charge on any atom is 0.335 e.